The van der Waals surface area contributed by atoms with Gasteiger partial charge in [-0.05, 0) is 54.3 Å². The van der Waals surface area contributed by atoms with E-state index in [1.807, 2.05) is 80.1 Å². The Kier molecular flexibility index (Phi) is 9.63. The number of imidazole rings is 1. The fraction of sp³-hybridized carbons (Fsp3) is 0.281. The van der Waals surface area contributed by atoms with E-state index in [4.69, 9.17) is 14.2 Å². The molecule has 0 aliphatic carbocycles. The van der Waals surface area contributed by atoms with Crippen molar-refractivity contribution in [2.75, 3.05) is 13.7 Å². The van der Waals surface area contributed by atoms with E-state index in [-0.39, 0.29) is 5.92 Å². The van der Waals surface area contributed by atoms with Gasteiger partial charge in [-0.1, -0.05) is 56.3 Å². The zero-order valence-corrected chi connectivity index (χ0v) is 23.7. The van der Waals surface area contributed by atoms with Gasteiger partial charge >= 0.3 is 12.1 Å². The second kappa shape index (κ2) is 13.5. The number of carbonyl (C=O) groups is 2. The highest BCUT2D eigenvalue weighted by atomic mass is 16.6. The molecule has 1 unspecified atom stereocenters. The highest BCUT2D eigenvalue weighted by Crippen LogP contribution is 2.31. The van der Waals surface area contributed by atoms with Crippen LogP contribution in [0.5, 0.6) is 17.2 Å². The molecular formula is C32H35N3O6. The maximum Gasteiger partial charge on any atom is 0.416 e. The van der Waals surface area contributed by atoms with Crippen molar-refractivity contribution in [3.8, 4) is 28.6 Å². The summed E-state index contributed by atoms with van der Waals surface area (Å²) in [6.07, 6.45) is 1.60. The molecule has 0 bridgehead atoms. The number of rotatable bonds is 12. The van der Waals surface area contributed by atoms with Crippen LogP contribution in [-0.4, -0.2) is 45.3 Å². The van der Waals surface area contributed by atoms with Crippen molar-refractivity contribution in [1.29, 1.82) is 0 Å². The summed E-state index contributed by atoms with van der Waals surface area (Å²) in [5.41, 5.74) is 2.73. The molecule has 1 heterocycles. The van der Waals surface area contributed by atoms with Crippen LogP contribution in [0.4, 0.5) is 4.79 Å². The second-order valence-electron chi connectivity index (χ2n) is 10.1. The molecule has 41 heavy (non-hydrogen) atoms. The quantitative estimate of drug-likeness (QED) is 0.217. The Hall–Kier alpha value is -4.79. The van der Waals surface area contributed by atoms with Crippen LogP contribution in [-0.2, 0) is 18.4 Å². The number of hydrogen-bond donors (Lipinski definition) is 1. The van der Waals surface area contributed by atoms with E-state index in [9.17, 15) is 14.7 Å². The van der Waals surface area contributed by atoms with Gasteiger partial charge < -0.3 is 23.9 Å². The van der Waals surface area contributed by atoms with Crippen molar-refractivity contribution in [3.63, 3.8) is 0 Å². The summed E-state index contributed by atoms with van der Waals surface area (Å²) in [5, 5.41) is 9.62. The molecule has 0 fully saturated rings. The van der Waals surface area contributed by atoms with Crippen molar-refractivity contribution in [2.24, 2.45) is 13.0 Å². The lowest BCUT2D eigenvalue weighted by Gasteiger charge is -2.31. The summed E-state index contributed by atoms with van der Waals surface area (Å²) in [6, 6.07) is 23.3. The number of benzene rings is 3. The minimum atomic E-state index is -1.13. The van der Waals surface area contributed by atoms with Crippen molar-refractivity contribution in [2.45, 2.75) is 32.9 Å². The van der Waals surface area contributed by atoms with Crippen molar-refractivity contribution in [3.05, 3.63) is 96.3 Å². The van der Waals surface area contributed by atoms with E-state index in [2.05, 4.69) is 4.98 Å². The predicted octanol–water partition coefficient (Wildman–Crippen LogP) is 6.35. The zero-order valence-electron chi connectivity index (χ0n) is 23.7. The number of carboxylic acid groups (broad SMARTS) is 1. The molecule has 0 aliphatic heterocycles. The number of amides is 1. The third kappa shape index (κ3) is 7.66. The molecule has 1 N–H and O–H groups in total. The van der Waals surface area contributed by atoms with Crippen molar-refractivity contribution >= 4 is 12.1 Å². The summed E-state index contributed by atoms with van der Waals surface area (Å²) in [7, 11) is 3.50. The van der Waals surface area contributed by atoms with Crippen molar-refractivity contribution < 1.29 is 28.9 Å². The van der Waals surface area contributed by atoms with Gasteiger partial charge in [0.25, 0.3) is 0 Å². The lowest BCUT2D eigenvalue weighted by molar-refractivity contribution is -0.138. The Morgan fingerprint density at radius 2 is 1.56 bits per heavy atom. The van der Waals surface area contributed by atoms with Gasteiger partial charge in [0, 0.05) is 12.6 Å². The first-order chi connectivity index (χ1) is 19.7. The Balaban J connectivity index is 1.49. The van der Waals surface area contributed by atoms with E-state index in [1.165, 1.54) is 4.90 Å². The molecule has 1 amide bonds. The summed E-state index contributed by atoms with van der Waals surface area (Å²) in [5.74, 6) is 1.47. The first-order valence-corrected chi connectivity index (χ1v) is 13.4. The molecule has 4 rings (SSSR count). The van der Waals surface area contributed by atoms with E-state index < -0.39 is 24.6 Å². The van der Waals surface area contributed by atoms with Crippen LogP contribution >= 0.6 is 0 Å². The van der Waals surface area contributed by atoms with Crippen LogP contribution in [0.2, 0.25) is 0 Å². The molecule has 9 nitrogen and oxygen atoms in total. The van der Waals surface area contributed by atoms with Crippen LogP contribution < -0.4 is 14.2 Å². The summed E-state index contributed by atoms with van der Waals surface area (Å²) >= 11 is 0. The van der Waals surface area contributed by atoms with Gasteiger partial charge in [0.05, 0.1) is 25.0 Å². The number of hydrogen-bond acceptors (Lipinski definition) is 6. The molecule has 1 atom stereocenters. The number of carboxylic acids is 1. The smallest absolute Gasteiger partial charge is 0.416 e. The van der Waals surface area contributed by atoms with Gasteiger partial charge in [-0.3, -0.25) is 9.69 Å². The number of ether oxygens (including phenoxy) is 3. The van der Waals surface area contributed by atoms with Gasteiger partial charge in [0.15, 0.2) is 0 Å². The Bertz CT molecular complexity index is 1430. The van der Waals surface area contributed by atoms with E-state index in [0.29, 0.717) is 30.3 Å². The predicted molar refractivity (Wildman–Crippen MR) is 155 cm³/mol. The van der Waals surface area contributed by atoms with Crippen LogP contribution in [0.3, 0.4) is 0 Å². The Morgan fingerprint density at radius 1 is 0.927 bits per heavy atom. The van der Waals surface area contributed by atoms with E-state index in [0.717, 1.165) is 22.6 Å². The average Bonchev–Trinajstić information content (AvgIpc) is 3.34. The SMILES string of the molecule is COc1ccc(OC(=O)N(CC(=O)O)C(CC(C)C)c2ccc(OCc3cnc(-c4ccccc4)n3C)cc2)cc1. The molecule has 0 saturated carbocycles. The topological polar surface area (TPSA) is 103 Å². The number of aliphatic carboxylic acids is 1. The van der Waals surface area contributed by atoms with E-state index in [1.54, 1.807) is 37.6 Å². The highest BCUT2D eigenvalue weighted by Gasteiger charge is 2.30. The number of methoxy groups -OCH3 is 1. The lowest BCUT2D eigenvalue weighted by Crippen LogP contribution is -2.41. The second-order valence-corrected chi connectivity index (χ2v) is 10.1. The molecule has 0 radical (unpaired) electrons. The lowest BCUT2D eigenvalue weighted by atomic mass is 9.95. The van der Waals surface area contributed by atoms with Crippen LogP contribution in [0.15, 0.2) is 85.1 Å². The molecule has 0 aliphatic rings. The van der Waals surface area contributed by atoms with Gasteiger partial charge in [0.2, 0.25) is 0 Å². The Labute approximate surface area is 239 Å². The molecule has 214 valence electrons. The molecule has 9 heteroatoms. The monoisotopic (exact) mass is 557 g/mol. The number of aromatic nitrogens is 2. The maximum absolute atomic E-state index is 13.2. The fourth-order valence-electron chi connectivity index (χ4n) is 4.52. The fourth-order valence-corrected chi connectivity index (χ4v) is 4.52. The van der Waals surface area contributed by atoms with Gasteiger partial charge in [-0.2, -0.15) is 0 Å². The first kappa shape index (κ1) is 29.2. The molecule has 3 aromatic carbocycles. The van der Waals surface area contributed by atoms with Crippen LogP contribution in [0.1, 0.15) is 37.6 Å². The highest BCUT2D eigenvalue weighted by molar-refractivity contribution is 5.78. The summed E-state index contributed by atoms with van der Waals surface area (Å²) in [6.45, 7) is 3.87. The van der Waals surface area contributed by atoms with Gasteiger partial charge in [-0.25, -0.2) is 9.78 Å². The Morgan fingerprint density at radius 3 is 2.17 bits per heavy atom. The zero-order chi connectivity index (χ0) is 29.4. The molecular weight excluding hydrogens is 522 g/mol. The minimum absolute atomic E-state index is 0.185. The molecule has 4 aromatic rings. The van der Waals surface area contributed by atoms with Crippen LogP contribution in [0, 0.1) is 5.92 Å². The van der Waals surface area contributed by atoms with Crippen LogP contribution in [0.25, 0.3) is 11.4 Å². The average molecular weight is 558 g/mol. The normalized spacial score (nSPS) is 11.6. The van der Waals surface area contributed by atoms with E-state index >= 15 is 0 Å². The standard InChI is InChI=1S/C32H35N3O6/c1-22(2)18-29(35(20-30(36)37)32(38)41-28-16-14-26(39-4)15-17-28)23-10-12-27(13-11-23)40-21-25-19-33-31(34(25)3)24-8-6-5-7-9-24/h5-17,19,22,29H,18,20-21H2,1-4H3,(H,36,37). The van der Waals surface area contributed by atoms with Gasteiger partial charge in [0.1, 0.15) is 36.2 Å². The molecule has 0 saturated heterocycles. The summed E-state index contributed by atoms with van der Waals surface area (Å²) in [4.78, 5) is 30.8. The molecule has 0 spiro atoms. The third-order valence-electron chi connectivity index (χ3n) is 6.64. The maximum atomic E-state index is 13.2. The number of carbonyl (C=O) groups excluding carboxylic acids is 1. The molecule has 1 aromatic heterocycles. The first-order valence-electron chi connectivity index (χ1n) is 13.4. The largest absolute Gasteiger partial charge is 0.497 e. The summed E-state index contributed by atoms with van der Waals surface area (Å²) < 4.78 is 18.7. The third-order valence-corrected chi connectivity index (χ3v) is 6.64. The van der Waals surface area contributed by atoms with Crippen molar-refractivity contribution in [1.82, 2.24) is 14.5 Å². The number of nitrogens with zero attached hydrogens (tertiary/aromatic N) is 3. The van der Waals surface area contributed by atoms with Gasteiger partial charge in [-0.15, -0.1) is 0 Å². The minimum Gasteiger partial charge on any atom is -0.497 e.